The largest absolute Gasteiger partial charge is 0.350 e. The van der Waals surface area contributed by atoms with Gasteiger partial charge in [0.25, 0.3) is 5.56 Å². The Balaban J connectivity index is 1.63. The minimum atomic E-state index is -0.499. The highest BCUT2D eigenvalue weighted by atomic mass is 35.5. The Bertz CT molecular complexity index is 1420. The average molecular weight is 468 g/mol. The maximum atomic E-state index is 13.2. The summed E-state index contributed by atoms with van der Waals surface area (Å²) in [6, 6.07) is 14.7. The highest BCUT2D eigenvalue weighted by Gasteiger charge is 2.17. The van der Waals surface area contributed by atoms with Crippen LogP contribution in [0.15, 0.2) is 63.5 Å². The Morgan fingerprint density at radius 1 is 0.969 bits per heavy atom. The summed E-state index contributed by atoms with van der Waals surface area (Å²) in [5.74, 6) is -0.314. The topological polar surface area (TPSA) is 73.1 Å². The Morgan fingerprint density at radius 2 is 1.69 bits per heavy atom. The Kier molecular flexibility index (Phi) is 6.30. The van der Waals surface area contributed by atoms with E-state index in [0.717, 1.165) is 22.3 Å². The summed E-state index contributed by atoms with van der Waals surface area (Å²) in [6.07, 6.45) is 0. The first-order valence-electron chi connectivity index (χ1n) is 10.1. The second-order valence-corrected chi connectivity index (χ2v) is 9.07. The first kappa shape index (κ1) is 22.0. The normalized spacial score (nSPS) is 11.1. The average Bonchev–Trinajstić information content (AvgIpc) is 3.26. The molecule has 0 unspecified atom stereocenters. The van der Waals surface area contributed by atoms with Gasteiger partial charge < -0.3 is 5.32 Å². The molecule has 32 heavy (non-hydrogen) atoms. The summed E-state index contributed by atoms with van der Waals surface area (Å²) < 4.78 is 3.03. The van der Waals surface area contributed by atoms with Crippen molar-refractivity contribution in [3.05, 3.63) is 102 Å². The van der Waals surface area contributed by atoms with Crippen LogP contribution in [0, 0.1) is 13.8 Å². The number of carbonyl (C=O) groups excluding carboxylic acids is 1. The Morgan fingerprint density at radius 3 is 2.41 bits per heavy atom. The number of hydrogen-bond acceptors (Lipinski definition) is 4. The van der Waals surface area contributed by atoms with Crippen LogP contribution in [0.3, 0.4) is 0 Å². The van der Waals surface area contributed by atoms with Crippen LogP contribution in [0.5, 0.6) is 0 Å². The first-order valence-corrected chi connectivity index (χ1v) is 11.4. The maximum absolute atomic E-state index is 13.2. The Hall–Kier alpha value is -3.16. The fourth-order valence-corrected chi connectivity index (χ4v) is 4.48. The van der Waals surface area contributed by atoms with Crippen LogP contribution in [0.1, 0.15) is 22.3 Å². The van der Waals surface area contributed by atoms with E-state index in [2.05, 4.69) is 5.32 Å². The molecule has 0 bridgehead atoms. The SMILES string of the molecule is Cc1ccc(Cn2c(=O)c3sccc3n(CC(=O)NCc3ccc(Cl)cc3)c2=O)cc1C. The first-order chi connectivity index (χ1) is 15.3. The molecule has 1 N–H and O–H groups in total. The van der Waals surface area contributed by atoms with E-state index in [4.69, 9.17) is 11.6 Å². The van der Waals surface area contributed by atoms with E-state index in [1.165, 1.54) is 20.5 Å². The van der Waals surface area contributed by atoms with Crippen LogP contribution in [-0.4, -0.2) is 15.0 Å². The van der Waals surface area contributed by atoms with E-state index in [1.54, 1.807) is 23.6 Å². The van der Waals surface area contributed by atoms with Crippen molar-refractivity contribution in [2.75, 3.05) is 0 Å². The minimum absolute atomic E-state index is 0.152. The molecule has 0 saturated carbocycles. The van der Waals surface area contributed by atoms with Crippen molar-refractivity contribution in [3.8, 4) is 0 Å². The molecule has 2 aromatic heterocycles. The molecule has 0 atom stereocenters. The van der Waals surface area contributed by atoms with Crippen molar-refractivity contribution < 1.29 is 4.79 Å². The quantitative estimate of drug-likeness (QED) is 0.468. The minimum Gasteiger partial charge on any atom is -0.350 e. The number of thiophene rings is 1. The van der Waals surface area contributed by atoms with E-state index in [-0.39, 0.29) is 24.6 Å². The van der Waals surface area contributed by atoms with Crippen molar-refractivity contribution in [3.63, 3.8) is 0 Å². The number of nitrogens with one attached hydrogen (secondary N) is 1. The number of benzene rings is 2. The lowest BCUT2D eigenvalue weighted by atomic mass is 10.1. The fourth-order valence-electron chi connectivity index (χ4n) is 3.51. The van der Waals surface area contributed by atoms with E-state index in [0.29, 0.717) is 21.8 Å². The lowest BCUT2D eigenvalue weighted by Gasteiger charge is -2.13. The molecule has 0 fully saturated rings. The summed E-state index contributed by atoms with van der Waals surface area (Å²) in [5.41, 5.74) is 3.64. The van der Waals surface area contributed by atoms with E-state index in [9.17, 15) is 14.4 Å². The van der Waals surface area contributed by atoms with E-state index < -0.39 is 5.69 Å². The summed E-state index contributed by atoms with van der Waals surface area (Å²) in [4.78, 5) is 38.9. The molecule has 164 valence electrons. The molecule has 0 saturated heterocycles. The molecule has 6 nitrogen and oxygen atoms in total. The molecular formula is C24H22ClN3O3S. The molecule has 8 heteroatoms. The van der Waals surface area contributed by atoms with Gasteiger partial charge in [0.1, 0.15) is 11.2 Å². The highest BCUT2D eigenvalue weighted by Crippen LogP contribution is 2.16. The predicted octanol–water partition coefficient (Wildman–Crippen LogP) is 3.86. The van der Waals surface area contributed by atoms with E-state index >= 15 is 0 Å². The van der Waals surface area contributed by atoms with Crippen molar-refractivity contribution in [1.82, 2.24) is 14.5 Å². The van der Waals surface area contributed by atoms with Gasteiger partial charge in [-0.15, -0.1) is 11.3 Å². The standard InChI is InChI=1S/C24H22ClN3O3S/c1-15-3-4-18(11-16(15)2)13-28-23(30)22-20(9-10-32-22)27(24(28)31)14-21(29)26-12-17-5-7-19(25)8-6-17/h3-11H,12-14H2,1-2H3,(H,26,29). The number of halogens is 1. The maximum Gasteiger partial charge on any atom is 0.332 e. The summed E-state index contributed by atoms with van der Waals surface area (Å²) in [7, 11) is 0. The van der Waals surface area contributed by atoms with Crippen LogP contribution in [0.4, 0.5) is 0 Å². The summed E-state index contributed by atoms with van der Waals surface area (Å²) >= 11 is 7.16. The third kappa shape index (κ3) is 4.54. The van der Waals surface area contributed by atoms with Crippen LogP contribution in [0.2, 0.25) is 5.02 Å². The molecule has 2 heterocycles. The monoisotopic (exact) mass is 467 g/mol. The smallest absolute Gasteiger partial charge is 0.332 e. The molecule has 0 spiro atoms. The molecule has 4 rings (SSSR count). The number of amides is 1. The third-order valence-corrected chi connectivity index (χ3v) is 6.60. The van der Waals surface area contributed by atoms with Gasteiger partial charge in [0.15, 0.2) is 0 Å². The zero-order valence-corrected chi connectivity index (χ0v) is 19.3. The van der Waals surface area contributed by atoms with Gasteiger partial charge in [0.2, 0.25) is 5.91 Å². The van der Waals surface area contributed by atoms with Crippen LogP contribution in [-0.2, 0) is 24.4 Å². The van der Waals surface area contributed by atoms with Gasteiger partial charge >= 0.3 is 5.69 Å². The van der Waals surface area contributed by atoms with Gasteiger partial charge in [-0.1, -0.05) is 41.9 Å². The van der Waals surface area contributed by atoms with Gasteiger partial charge in [0, 0.05) is 11.6 Å². The number of fused-ring (bicyclic) bond motifs is 1. The highest BCUT2D eigenvalue weighted by molar-refractivity contribution is 7.17. The van der Waals surface area contributed by atoms with Crippen molar-refractivity contribution in [2.45, 2.75) is 33.5 Å². The predicted molar refractivity (Wildman–Crippen MR) is 129 cm³/mol. The molecule has 2 aromatic carbocycles. The molecular weight excluding hydrogens is 446 g/mol. The van der Waals surface area contributed by atoms with Gasteiger partial charge in [-0.3, -0.25) is 18.7 Å². The fraction of sp³-hybridized carbons (Fsp3) is 0.208. The zero-order valence-electron chi connectivity index (χ0n) is 17.7. The van der Waals surface area contributed by atoms with E-state index in [1.807, 2.05) is 44.2 Å². The summed E-state index contributed by atoms with van der Waals surface area (Å²) in [6.45, 7) is 4.30. The van der Waals surface area contributed by atoms with Crippen molar-refractivity contribution in [2.24, 2.45) is 0 Å². The van der Waals surface area contributed by atoms with Gasteiger partial charge in [-0.2, -0.15) is 0 Å². The van der Waals surface area contributed by atoms with Gasteiger partial charge in [-0.25, -0.2) is 4.79 Å². The number of rotatable bonds is 6. The van der Waals surface area contributed by atoms with Crippen molar-refractivity contribution in [1.29, 1.82) is 0 Å². The molecule has 0 aliphatic heterocycles. The number of carbonyl (C=O) groups is 1. The van der Waals surface area contributed by atoms with Crippen LogP contribution >= 0.6 is 22.9 Å². The number of aromatic nitrogens is 2. The molecule has 0 aliphatic carbocycles. The second kappa shape index (κ2) is 9.14. The second-order valence-electron chi connectivity index (χ2n) is 7.72. The Labute approximate surface area is 193 Å². The number of nitrogens with zero attached hydrogens (tertiary/aromatic N) is 2. The zero-order chi connectivity index (χ0) is 22.8. The molecule has 1 amide bonds. The lowest BCUT2D eigenvalue weighted by Crippen LogP contribution is -2.42. The molecule has 0 radical (unpaired) electrons. The molecule has 4 aromatic rings. The summed E-state index contributed by atoms with van der Waals surface area (Å²) in [5, 5.41) is 5.20. The van der Waals surface area contributed by atoms with Crippen LogP contribution < -0.4 is 16.6 Å². The number of hydrogen-bond donors (Lipinski definition) is 1. The van der Waals surface area contributed by atoms with Crippen molar-refractivity contribution >= 4 is 39.1 Å². The third-order valence-electron chi connectivity index (χ3n) is 5.45. The van der Waals surface area contributed by atoms with Crippen LogP contribution in [0.25, 0.3) is 10.2 Å². The number of aryl methyl sites for hydroxylation is 2. The lowest BCUT2D eigenvalue weighted by molar-refractivity contribution is -0.121. The van der Waals surface area contributed by atoms with Gasteiger partial charge in [0.05, 0.1) is 12.1 Å². The molecule has 0 aliphatic rings. The van der Waals surface area contributed by atoms with Gasteiger partial charge in [-0.05, 0) is 59.7 Å².